The standard InChI is InChI=1S/C17H15FN2O3/c1-23-15-9-5-13(6-10-15)17(22)20-19-16(21)11-4-12-2-7-14(18)8-3-12/h2-11H,1H3,(H,19,21)(H,20,22)/b11-4+. The fourth-order valence-corrected chi connectivity index (χ4v) is 1.72. The number of rotatable bonds is 4. The van der Waals surface area contributed by atoms with Crippen LogP contribution in [0.3, 0.4) is 0 Å². The van der Waals surface area contributed by atoms with E-state index in [-0.39, 0.29) is 5.82 Å². The number of halogens is 1. The molecule has 0 atom stereocenters. The number of carbonyl (C=O) groups excluding carboxylic acids is 2. The summed E-state index contributed by atoms with van der Waals surface area (Å²) in [7, 11) is 1.53. The molecule has 0 aliphatic carbocycles. The van der Waals surface area contributed by atoms with E-state index in [1.165, 1.54) is 43.5 Å². The lowest BCUT2D eigenvalue weighted by Crippen LogP contribution is -2.40. The Hall–Kier alpha value is -3.15. The van der Waals surface area contributed by atoms with Crippen LogP contribution in [-0.4, -0.2) is 18.9 Å². The van der Waals surface area contributed by atoms with Gasteiger partial charge in [-0.2, -0.15) is 0 Å². The molecular formula is C17H15FN2O3. The third kappa shape index (κ3) is 4.96. The molecule has 6 heteroatoms. The van der Waals surface area contributed by atoms with Gasteiger partial charge in [-0.05, 0) is 48.0 Å². The SMILES string of the molecule is COc1ccc(C(=O)NNC(=O)/C=C/c2ccc(F)cc2)cc1. The van der Waals surface area contributed by atoms with Gasteiger partial charge >= 0.3 is 0 Å². The van der Waals surface area contributed by atoms with Crippen LogP contribution in [0.2, 0.25) is 0 Å². The van der Waals surface area contributed by atoms with Crippen molar-refractivity contribution in [3.63, 3.8) is 0 Å². The highest BCUT2D eigenvalue weighted by atomic mass is 19.1. The summed E-state index contributed by atoms with van der Waals surface area (Å²) in [6.07, 6.45) is 2.75. The predicted octanol–water partition coefficient (Wildman–Crippen LogP) is 2.31. The largest absolute Gasteiger partial charge is 0.497 e. The zero-order valence-corrected chi connectivity index (χ0v) is 12.4. The van der Waals surface area contributed by atoms with Gasteiger partial charge in [0.1, 0.15) is 11.6 Å². The van der Waals surface area contributed by atoms with Crippen LogP contribution in [0.15, 0.2) is 54.6 Å². The molecule has 2 aromatic carbocycles. The van der Waals surface area contributed by atoms with Gasteiger partial charge in [0, 0.05) is 11.6 Å². The molecular weight excluding hydrogens is 299 g/mol. The van der Waals surface area contributed by atoms with E-state index in [1.807, 2.05) is 0 Å². The Bertz CT molecular complexity index is 710. The molecule has 0 aliphatic rings. The molecule has 2 amide bonds. The Balaban J connectivity index is 1.85. The summed E-state index contributed by atoms with van der Waals surface area (Å²) >= 11 is 0. The van der Waals surface area contributed by atoms with Crippen LogP contribution in [0.5, 0.6) is 5.75 Å². The van der Waals surface area contributed by atoms with Gasteiger partial charge in [0.15, 0.2) is 0 Å². The number of hydrazine groups is 1. The molecule has 5 nitrogen and oxygen atoms in total. The molecule has 0 saturated heterocycles. The second-order valence-electron chi connectivity index (χ2n) is 4.56. The van der Waals surface area contributed by atoms with E-state index in [2.05, 4.69) is 10.9 Å². The van der Waals surface area contributed by atoms with E-state index >= 15 is 0 Å². The summed E-state index contributed by atoms with van der Waals surface area (Å²) in [5.41, 5.74) is 5.60. The van der Waals surface area contributed by atoms with Crippen LogP contribution < -0.4 is 15.6 Å². The highest BCUT2D eigenvalue weighted by Gasteiger charge is 2.05. The third-order valence-corrected chi connectivity index (χ3v) is 2.95. The summed E-state index contributed by atoms with van der Waals surface area (Å²) in [4.78, 5) is 23.4. The van der Waals surface area contributed by atoms with Crippen molar-refractivity contribution in [2.45, 2.75) is 0 Å². The topological polar surface area (TPSA) is 67.4 Å². The fourth-order valence-electron chi connectivity index (χ4n) is 1.72. The minimum atomic E-state index is -0.504. The molecule has 0 fully saturated rings. The first-order valence-electron chi connectivity index (χ1n) is 6.76. The van der Waals surface area contributed by atoms with Crippen molar-refractivity contribution in [3.8, 4) is 5.75 Å². The second-order valence-corrected chi connectivity index (χ2v) is 4.56. The fraction of sp³-hybridized carbons (Fsp3) is 0.0588. The molecule has 0 saturated carbocycles. The van der Waals surface area contributed by atoms with Gasteiger partial charge in [-0.3, -0.25) is 20.4 Å². The van der Waals surface area contributed by atoms with Crippen molar-refractivity contribution in [2.24, 2.45) is 0 Å². The maximum Gasteiger partial charge on any atom is 0.269 e. The first-order valence-corrected chi connectivity index (χ1v) is 6.76. The van der Waals surface area contributed by atoms with E-state index in [4.69, 9.17) is 4.74 Å². The van der Waals surface area contributed by atoms with Crippen molar-refractivity contribution >= 4 is 17.9 Å². The van der Waals surface area contributed by atoms with Gasteiger partial charge in [0.25, 0.3) is 11.8 Å². The maximum atomic E-state index is 12.7. The lowest BCUT2D eigenvalue weighted by molar-refractivity contribution is -0.117. The number of hydrogen-bond acceptors (Lipinski definition) is 3. The Morgan fingerprint density at radius 2 is 1.65 bits per heavy atom. The monoisotopic (exact) mass is 314 g/mol. The lowest BCUT2D eigenvalue weighted by atomic mass is 10.2. The minimum absolute atomic E-state index is 0.349. The smallest absolute Gasteiger partial charge is 0.269 e. The highest BCUT2D eigenvalue weighted by Crippen LogP contribution is 2.10. The van der Waals surface area contributed by atoms with Gasteiger partial charge in [-0.25, -0.2) is 4.39 Å². The molecule has 0 aliphatic heterocycles. The molecule has 118 valence electrons. The minimum Gasteiger partial charge on any atom is -0.497 e. The molecule has 0 unspecified atom stereocenters. The van der Waals surface area contributed by atoms with Crippen molar-refractivity contribution in [2.75, 3.05) is 7.11 Å². The first-order chi connectivity index (χ1) is 11.1. The van der Waals surface area contributed by atoms with E-state index in [0.29, 0.717) is 16.9 Å². The van der Waals surface area contributed by atoms with Gasteiger partial charge in [-0.1, -0.05) is 12.1 Å². The van der Waals surface area contributed by atoms with Crippen LogP contribution >= 0.6 is 0 Å². The number of hydrogen-bond donors (Lipinski definition) is 2. The maximum absolute atomic E-state index is 12.7. The second kappa shape index (κ2) is 7.74. The number of methoxy groups -OCH3 is 1. The van der Waals surface area contributed by atoms with Crippen LogP contribution in [0.25, 0.3) is 6.08 Å². The van der Waals surface area contributed by atoms with Crippen molar-refractivity contribution in [3.05, 3.63) is 71.6 Å². The van der Waals surface area contributed by atoms with E-state index in [0.717, 1.165) is 0 Å². The van der Waals surface area contributed by atoms with E-state index in [9.17, 15) is 14.0 Å². The molecule has 0 spiro atoms. The summed E-state index contributed by atoms with van der Waals surface area (Å²) in [5.74, 6) is -0.668. The van der Waals surface area contributed by atoms with Gasteiger partial charge in [-0.15, -0.1) is 0 Å². The summed E-state index contributed by atoms with van der Waals surface area (Å²) in [6, 6.07) is 12.1. The molecule has 2 N–H and O–H groups in total. The Labute approximate surface area is 132 Å². The summed E-state index contributed by atoms with van der Waals surface area (Å²) in [6.45, 7) is 0. The highest BCUT2D eigenvalue weighted by molar-refractivity contribution is 5.97. The summed E-state index contributed by atoms with van der Waals surface area (Å²) < 4.78 is 17.7. The molecule has 0 bridgehead atoms. The van der Waals surface area contributed by atoms with E-state index in [1.54, 1.807) is 24.3 Å². The quantitative estimate of drug-likeness (QED) is 0.672. The lowest BCUT2D eigenvalue weighted by Gasteiger charge is -2.06. The molecule has 0 heterocycles. The molecule has 2 aromatic rings. The Morgan fingerprint density at radius 1 is 1.00 bits per heavy atom. The Kier molecular flexibility index (Phi) is 5.46. The zero-order chi connectivity index (χ0) is 16.7. The Morgan fingerprint density at radius 3 is 2.26 bits per heavy atom. The van der Waals surface area contributed by atoms with Crippen LogP contribution in [0, 0.1) is 5.82 Å². The normalized spacial score (nSPS) is 10.3. The summed E-state index contributed by atoms with van der Waals surface area (Å²) in [5, 5.41) is 0. The van der Waals surface area contributed by atoms with Gasteiger partial charge in [0.2, 0.25) is 0 Å². The van der Waals surface area contributed by atoms with E-state index < -0.39 is 11.8 Å². The number of benzene rings is 2. The molecule has 0 radical (unpaired) electrons. The van der Waals surface area contributed by atoms with Crippen LogP contribution in [-0.2, 0) is 4.79 Å². The number of nitrogens with one attached hydrogen (secondary N) is 2. The number of carbonyl (C=O) groups is 2. The number of amides is 2. The molecule has 0 aromatic heterocycles. The van der Waals surface area contributed by atoms with Crippen molar-refractivity contribution in [1.29, 1.82) is 0 Å². The van der Waals surface area contributed by atoms with Crippen molar-refractivity contribution < 1.29 is 18.7 Å². The van der Waals surface area contributed by atoms with Gasteiger partial charge in [0.05, 0.1) is 7.11 Å². The first kappa shape index (κ1) is 16.2. The predicted molar refractivity (Wildman–Crippen MR) is 84.0 cm³/mol. The molecule has 2 rings (SSSR count). The zero-order valence-electron chi connectivity index (χ0n) is 12.4. The molecule has 23 heavy (non-hydrogen) atoms. The van der Waals surface area contributed by atoms with Gasteiger partial charge < -0.3 is 4.74 Å². The number of ether oxygens (including phenoxy) is 1. The van der Waals surface area contributed by atoms with Crippen molar-refractivity contribution in [1.82, 2.24) is 10.9 Å². The average Bonchev–Trinajstić information content (AvgIpc) is 2.59. The average molecular weight is 314 g/mol. The van der Waals surface area contributed by atoms with Crippen LogP contribution in [0.4, 0.5) is 4.39 Å². The van der Waals surface area contributed by atoms with Crippen LogP contribution in [0.1, 0.15) is 15.9 Å². The third-order valence-electron chi connectivity index (χ3n) is 2.95.